The van der Waals surface area contributed by atoms with Crippen LogP contribution in [0.4, 0.5) is 10.1 Å². The predicted octanol–water partition coefficient (Wildman–Crippen LogP) is 4.22. The van der Waals surface area contributed by atoms with E-state index in [-0.39, 0.29) is 5.82 Å². The Morgan fingerprint density at radius 1 is 1.05 bits per heavy atom. The van der Waals surface area contributed by atoms with Crippen molar-refractivity contribution in [1.29, 1.82) is 0 Å². The minimum Gasteiger partial charge on any atom is -0.497 e. The lowest BCUT2D eigenvalue weighted by atomic mass is 10.2. The van der Waals surface area contributed by atoms with Gasteiger partial charge in [0.05, 0.1) is 18.7 Å². The van der Waals surface area contributed by atoms with Crippen LogP contribution >= 0.6 is 15.9 Å². The molecular weight excluding hydrogens is 325 g/mol. The lowest BCUT2D eigenvalue weighted by molar-refractivity contribution is 0.393. The summed E-state index contributed by atoms with van der Waals surface area (Å²) < 4.78 is 24.0. The van der Waals surface area contributed by atoms with E-state index in [1.54, 1.807) is 26.4 Å². The first kappa shape index (κ1) is 14.7. The van der Waals surface area contributed by atoms with E-state index in [0.29, 0.717) is 11.0 Å². The second kappa shape index (κ2) is 6.61. The van der Waals surface area contributed by atoms with Crippen LogP contribution in [0, 0.1) is 5.82 Å². The minimum atomic E-state index is -0.279. The number of nitrogens with one attached hydrogen (secondary N) is 1. The maximum atomic E-state index is 13.2. The van der Waals surface area contributed by atoms with E-state index >= 15 is 0 Å². The molecular formula is C15H15BrFNO2. The van der Waals surface area contributed by atoms with Crippen LogP contribution in [0.25, 0.3) is 0 Å². The number of hydrogen-bond donors (Lipinski definition) is 1. The zero-order chi connectivity index (χ0) is 14.5. The van der Waals surface area contributed by atoms with Crippen LogP contribution in [0.1, 0.15) is 5.56 Å². The lowest BCUT2D eigenvalue weighted by Gasteiger charge is -2.10. The summed E-state index contributed by atoms with van der Waals surface area (Å²) in [4.78, 5) is 0. The van der Waals surface area contributed by atoms with Gasteiger partial charge in [0.2, 0.25) is 0 Å². The smallest absolute Gasteiger partial charge is 0.137 e. The van der Waals surface area contributed by atoms with Crippen LogP contribution in [0.15, 0.2) is 40.9 Å². The van der Waals surface area contributed by atoms with Crippen LogP contribution in [-0.4, -0.2) is 14.2 Å². The summed E-state index contributed by atoms with van der Waals surface area (Å²) in [6, 6.07) is 10.5. The molecule has 0 atom stereocenters. The third kappa shape index (κ3) is 3.63. The molecule has 0 aliphatic rings. The number of ether oxygens (including phenoxy) is 2. The number of methoxy groups -OCH3 is 2. The summed E-state index contributed by atoms with van der Waals surface area (Å²) in [7, 11) is 3.23. The Bertz CT molecular complexity index is 582. The largest absolute Gasteiger partial charge is 0.497 e. The van der Waals surface area contributed by atoms with Crippen LogP contribution in [0.5, 0.6) is 11.5 Å². The molecule has 0 amide bonds. The minimum absolute atomic E-state index is 0.279. The standard InChI is InChI=1S/C15H15BrFNO2/c1-19-12-5-10(6-13(8-12)20-2)9-18-11-3-4-15(17)14(16)7-11/h3-8,18H,9H2,1-2H3. The van der Waals surface area contributed by atoms with Crippen molar-refractivity contribution in [3.8, 4) is 11.5 Å². The maximum absolute atomic E-state index is 13.2. The van der Waals surface area contributed by atoms with Gasteiger partial charge in [0.25, 0.3) is 0 Å². The molecule has 0 fully saturated rings. The van der Waals surface area contributed by atoms with Gasteiger partial charge in [-0.15, -0.1) is 0 Å². The topological polar surface area (TPSA) is 30.5 Å². The highest BCUT2D eigenvalue weighted by molar-refractivity contribution is 9.10. The lowest BCUT2D eigenvalue weighted by Crippen LogP contribution is -2.00. The van der Waals surface area contributed by atoms with Crippen molar-refractivity contribution >= 4 is 21.6 Å². The molecule has 106 valence electrons. The molecule has 2 aromatic rings. The molecule has 20 heavy (non-hydrogen) atoms. The summed E-state index contributed by atoms with van der Waals surface area (Å²) >= 11 is 3.16. The predicted molar refractivity (Wildman–Crippen MR) is 81.0 cm³/mol. The average Bonchev–Trinajstić information content (AvgIpc) is 2.48. The molecule has 5 heteroatoms. The van der Waals surface area contributed by atoms with Crippen molar-refractivity contribution in [3.05, 3.63) is 52.3 Å². The Morgan fingerprint density at radius 3 is 2.25 bits per heavy atom. The molecule has 0 spiro atoms. The molecule has 2 rings (SSSR count). The van der Waals surface area contributed by atoms with E-state index in [1.807, 2.05) is 18.2 Å². The van der Waals surface area contributed by atoms with Gasteiger partial charge >= 0.3 is 0 Å². The van der Waals surface area contributed by atoms with Crippen molar-refractivity contribution in [2.24, 2.45) is 0 Å². The normalized spacial score (nSPS) is 10.2. The molecule has 3 nitrogen and oxygen atoms in total. The van der Waals surface area contributed by atoms with E-state index in [1.165, 1.54) is 6.07 Å². The maximum Gasteiger partial charge on any atom is 0.137 e. The zero-order valence-electron chi connectivity index (χ0n) is 11.2. The summed E-state index contributed by atoms with van der Waals surface area (Å²) in [6.45, 7) is 0.589. The van der Waals surface area contributed by atoms with Crippen LogP contribution in [-0.2, 0) is 6.54 Å². The fraction of sp³-hybridized carbons (Fsp3) is 0.200. The highest BCUT2D eigenvalue weighted by Gasteiger charge is 2.03. The SMILES string of the molecule is COc1cc(CNc2ccc(F)c(Br)c2)cc(OC)c1. The van der Waals surface area contributed by atoms with Crippen molar-refractivity contribution < 1.29 is 13.9 Å². The molecule has 0 saturated heterocycles. The van der Waals surface area contributed by atoms with Crippen LogP contribution in [0.2, 0.25) is 0 Å². The second-order valence-corrected chi connectivity index (χ2v) is 5.06. The molecule has 0 aromatic heterocycles. The van der Waals surface area contributed by atoms with Crippen LogP contribution in [0.3, 0.4) is 0 Å². The quantitative estimate of drug-likeness (QED) is 0.884. The Labute approximate surface area is 125 Å². The number of anilines is 1. The molecule has 0 radical (unpaired) electrons. The molecule has 0 heterocycles. The monoisotopic (exact) mass is 339 g/mol. The summed E-state index contributed by atoms with van der Waals surface area (Å²) in [6.07, 6.45) is 0. The van der Waals surface area contributed by atoms with Gasteiger partial charge in [-0.3, -0.25) is 0 Å². The molecule has 1 N–H and O–H groups in total. The van der Waals surface area contributed by atoms with E-state index in [0.717, 1.165) is 22.7 Å². The van der Waals surface area contributed by atoms with E-state index in [4.69, 9.17) is 9.47 Å². The molecule has 0 aliphatic carbocycles. The fourth-order valence-electron chi connectivity index (χ4n) is 1.78. The summed E-state index contributed by atoms with van der Waals surface area (Å²) in [5.41, 5.74) is 1.85. The zero-order valence-corrected chi connectivity index (χ0v) is 12.8. The second-order valence-electron chi connectivity index (χ2n) is 4.20. The summed E-state index contributed by atoms with van der Waals surface area (Å²) in [5.74, 6) is 1.20. The molecule has 0 saturated carbocycles. The van der Waals surface area contributed by atoms with Gasteiger partial charge in [0.1, 0.15) is 17.3 Å². The molecule has 2 aromatic carbocycles. The highest BCUT2D eigenvalue weighted by Crippen LogP contribution is 2.24. The van der Waals surface area contributed by atoms with E-state index in [2.05, 4.69) is 21.2 Å². The summed E-state index contributed by atoms with van der Waals surface area (Å²) in [5, 5.41) is 3.22. The molecule has 0 unspecified atom stereocenters. The van der Waals surface area contributed by atoms with Gasteiger partial charge in [-0.25, -0.2) is 4.39 Å². The number of benzene rings is 2. The van der Waals surface area contributed by atoms with Crippen molar-refractivity contribution in [2.45, 2.75) is 6.54 Å². The van der Waals surface area contributed by atoms with Crippen LogP contribution < -0.4 is 14.8 Å². The van der Waals surface area contributed by atoms with E-state index in [9.17, 15) is 4.39 Å². The Hall–Kier alpha value is -1.75. The van der Waals surface area contributed by atoms with Gasteiger partial charge < -0.3 is 14.8 Å². The van der Waals surface area contributed by atoms with E-state index < -0.39 is 0 Å². The average molecular weight is 340 g/mol. The number of hydrogen-bond acceptors (Lipinski definition) is 3. The Morgan fingerprint density at radius 2 is 1.70 bits per heavy atom. The highest BCUT2D eigenvalue weighted by atomic mass is 79.9. The third-order valence-corrected chi connectivity index (χ3v) is 3.44. The first-order chi connectivity index (χ1) is 9.62. The van der Waals surface area contributed by atoms with Gasteiger partial charge in [-0.1, -0.05) is 0 Å². The van der Waals surface area contributed by atoms with Crippen molar-refractivity contribution in [3.63, 3.8) is 0 Å². The van der Waals surface area contributed by atoms with Crippen molar-refractivity contribution in [1.82, 2.24) is 0 Å². The first-order valence-electron chi connectivity index (χ1n) is 6.03. The Kier molecular flexibility index (Phi) is 4.84. The Balaban J connectivity index is 2.11. The fourth-order valence-corrected chi connectivity index (χ4v) is 2.16. The first-order valence-corrected chi connectivity index (χ1v) is 6.82. The van der Waals surface area contributed by atoms with Gasteiger partial charge in [-0.2, -0.15) is 0 Å². The van der Waals surface area contributed by atoms with Gasteiger partial charge in [-0.05, 0) is 51.8 Å². The van der Waals surface area contributed by atoms with Gasteiger partial charge in [0.15, 0.2) is 0 Å². The van der Waals surface area contributed by atoms with Crippen molar-refractivity contribution in [2.75, 3.05) is 19.5 Å². The number of halogens is 2. The van der Waals surface area contributed by atoms with Gasteiger partial charge in [0, 0.05) is 18.3 Å². The number of rotatable bonds is 5. The molecule has 0 bridgehead atoms. The third-order valence-electron chi connectivity index (χ3n) is 2.83. The molecule has 0 aliphatic heterocycles.